The van der Waals surface area contributed by atoms with Gasteiger partial charge in [0.2, 0.25) is 17.7 Å². The van der Waals surface area contributed by atoms with Gasteiger partial charge >= 0.3 is 12.3 Å². The fourth-order valence-corrected chi connectivity index (χ4v) is 2.65. The summed E-state index contributed by atoms with van der Waals surface area (Å²) in [6, 6.07) is 1.69. The SMILES string of the molecule is CCC(CC)(NC(=O)Oc1ccc(C(F)(F)F)c(OCC2CC2)n1)C(=O)NC. The van der Waals surface area contributed by atoms with Crippen molar-refractivity contribution in [2.24, 2.45) is 5.92 Å². The number of likely N-dealkylation sites (N-methyl/N-ethyl adjacent to an activating group) is 1. The summed E-state index contributed by atoms with van der Waals surface area (Å²) in [7, 11) is 1.44. The first-order valence-electron chi connectivity index (χ1n) is 9.08. The Kier molecular flexibility index (Phi) is 6.73. The number of carbonyl (C=O) groups is 2. The smallest absolute Gasteiger partial charge is 0.421 e. The molecule has 1 aliphatic rings. The minimum atomic E-state index is -4.65. The molecule has 1 heterocycles. The standard InChI is InChI=1S/C18H24F3N3O4/c1-4-17(5-2,15(25)22-3)24-16(26)28-13-9-8-12(18(19,20)21)14(23-13)27-10-11-6-7-11/h8-9,11H,4-7,10H2,1-3H3,(H,22,25)(H,24,26). The Labute approximate surface area is 161 Å². The lowest BCUT2D eigenvalue weighted by molar-refractivity contribution is -0.139. The lowest BCUT2D eigenvalue weighted by atomic mass is 9.92. The Hall–Kier alpha value is -2.52. The summed E-state index contributed by atoms with van der Waals surface area (Å²) in [5.41, 5.74) is -2.23. The first-order valence-corrected chi connectivity index (χ1v) is 9.08. The van der Waals surface area contributed by atoms with E-state index in [1.807, 2.05) is 0 Å². The van der Waals surface area contributed by atoms with E-state index in [-0.39, 0.29) is 18.4 Å². The van der Waals surface area contributed by atoms with Crippen molar-refractivity contribution in [3.63, 3.8) is 0 Å². The molecular weight excluding hydrogens is 379 g/mol. The van der Waals surface area contributed by atoms with Gasteiger partial charge in [-0.25, -0.2) is 4.79 Å². The number of alkyl halides is 3. The maximum absolute atomic E-state index is 13.1. The molecule has 1 aromatic heterocycles. The lowest BCUT2D eigenvalue weighted by Gasteiger charge is -2.30. The number of nitrogens with zero attached hydrogens (tertiary/aromatic N) is 1. The number of carbonyl (C=O) groups excluding carboxylic acids is 2. The van der Waals surface area contributed by atoms with E-state index in [9.17, 15) is 22.8 Å². The quantitative estimate of drug-likeness (QED) is 0.695. The van der Waals surface area contributed by atoms with Crippen LogP contribution in [-0.4, -0.2) is 36.2 Å². The fourth-order valence-electron chi connectivity index (χ4n) is 2.65. The lowest BCUT2D eigenvalue weighted by Crippen LogP contribution is -2.58. The largest absolute Gasteiger partial charge is 0.477 e. The van der Waals surface area contributed by atoms with Crippen LogP contribution in [0.2, 0.25) is 0 Å². The molecule has 1 aromatic rings. The molecule has 0 bridgehead atoms. The van der Waals surface area contributed by atoms with Gasteiger partial charge in [-0.2, -0.15) is 18.2 Å². The van der Waals surface area contributed by atoms with E-state index in [2.05, 4.69) is 15.6 Å². The molecular formula is C18H24F3N3O4. The van der Waals surface area contributed by atoms with Gasteiger partial charge in [-0.1, -0.05) is 13.8 Å². The molecule has 2 amide bonds. The van der Waals surface area contributed by atoms with Crippen LogP contribution in [0.1, 0.15) is 45.1 Å². The number of ether oxygens (including phenoxy) is 2. The molecule has 2 N–H and O–H groups in total. The van der Waals surface area contributed by atoms with Gasteiger partial charge in [0.15, 0.2) is 0 Å². The van der Waals surface area contributed by atoms with Gasteiger partial charge in [0.1, 0.15) is 11.1 Å². The van der Waals surface area contributed by atoms with Crippen molar-refractivity contribution in [2.75, 3.05) is 13.7 Å². The fraction of sp³-hybridized carbons (Fsp3) is 0.611. The van der Waals surface area contributed by atoms with Gasteiger partial charge in [0.05, 0.1) is 6.61 Å². The number of aromatic nitrogens is 1. The maximum atomic E-state index is 13.1. The Balaban J connectivity index is 2.16. The molecule has 1 fully saturated rings. The molecule has 28 heavy (non-hydrogen) atoms. The summed E-state index contributed by atoms with van der Waals surface area (Å²) >= 11 is 0. The minimum Gasteiger partial charge on any atom is -0.477 e. The van der Waals surface area contributed by atoms with Gasteiger partial charge in [-0.15, -0.1) is 0 Å². The number of rotatable bonds is 8. The second kappa shape index (κ2) is 8.66. The number of nitrogens with one attached hydrogen (secondary N) is 2. The van der Waals surface area contributed by atoms with E-state index in [1.54, 1.807) is 13.8 Å². The van der Waals surface area contributed by atoms with Crippen molar-refractivity contribution in [3.8, 4) is 11.8 Å². The zero-order valence-corrected chi connectivity index (χ0v) is 16.0. The zero-order valence-electron chi connectivity index (χ0n) is 16.0. The van der Waals surface area contributed by atoms with E-state index >= 15 is 0 Å². The highest BCUT2D eigenvalue weighted by atomic mass is 19.4. The van der Waals surface area contributed by atoms with Gasteiger partial charge in [0.25, 0.3) is 0 Å². The molecule has 1 aliphatic carbocycles. The normalized spacial score (nSPS) is 14.4. The zero-order chi connectivity index (χ0) is 20.9. The number of halogens is 3. The molecule has 2 rings (SSSR count). The molecule has 10 heteroatoms. The molecule has 1 saturated carbocycles. The van der Waals surface area contributed by atoms with Crippen LogP contribution in [-0.2, 0) is 11.0 Å². The molecule has 0 atom stereocenters. The molecule has 0 saturated heterocycles. The predicted molar refractivity (Wildman–Crippen MR) is 94.0 cm³/mol. The van der Waals surface area contributed by atoms with Gasteiger partial charge < -0.3 is 20.1 Å². The first kappa shape index (κ1) is 21.8. The summed E-state index contributed by atoms with van der Waals surface area (Å²) in [5, 5.41) is 4.95. The second-order valence-electron chi connectivity index (χ2n) is 6.64. The van der Waals surface area contributed by atoms with E-state index in [1.165, 1.54) is 7.05 Å². The van der Waals surface area contributed by atoms with Crippen LogP contribution in [0.3, 0.4) is 0 Å². The van der Waals surface area contributed by atoms with Crippen molar-refractivity contribution in [3.05, 3.63) is 17.7 Å². The summed E-state index contributed by atoms with van der Waals surface area (Å²) in [4.78, 5) is 28.0. The Morgan fingerprint density at radius 2 is 1.86 bits per heavy atom. The van der Waals surface area contributed by atoms with E-state index in [0.29, 0.717) is 12.8 Å². The molecule has 156 valence electrons. The second-order valence-corrected chi connectivity index (χ2v) is 6.64. The Bertz CT molecular complexity index is 717. The number of amides is 2. The van der Waals surface area contributed by atoms with Crippen LogP contribution < -0.4 is 20.1 Å². The van der Waals surface area contributed by atoms with Crippen LogP contribution >= 0.6 is 0 Å². The summed E-state index contributed by atoms with van der Waals surface area (Å²) in [6.45, 7) is 3.57. The number of pyridine rings is 1. The topological polar surface area (TPSA) is 89.6 Å². The van der Waals surface area contributed by atoms with Gasteiger partial charge in [-0.05, 0) is 37.7 Å². The highest BCUT2D eigenvalue weighted by Gasteiger charge is 2.38. The van der Waals surface area contributed by atoms with Crippen LogP contribution in [0.5, 0.6) is 11.8 Å². The van der Waals surface area contributed by atoms with Crippen molar-refractivity contribution in [1.29, 1.82) is 0 Å². The third-order valence-corrected chi connectivity index (χ3v) is 4.70. The van der Waals surface area contributed by atoms with E-state index < -0.39 is 35.2 Å². The van der Waals surface area contributed by atoms with Gasteiger partial charge in [0, 0.05) is 13.1 Å². The van der Waals surface area contributed by atoms with E-state index in [4.69, 9.17) is 9.47 Å². The highest BCUT2D eigenvalue weighted by molar-refractivity contribution is 5.90. The predicted octanol–water partition coefficient (Wildman–Crippen LogP) is 3.28. The summed E-state index contributed by atoms with van der Waals surface area (Å²) in [5.74, 6) is -1.16. The van der Waals surface area contributed by atoms with Crippen molar-refractivity contribution >= 4 is 12.0 Å². The molecule has 0 spiro atoms. The van der Waals surface area contributed by atoms with Crippen molar-refractivity contribution in [1.82, 2.24) is 15.6 Å². The first-order chi connectivity index (χ1) is 13.1. The summed E-state index contributed by atoms with van der Waals surface area (Å²) in [6.07, 6.45) is -3.24. The monoisotopic (exact) mass is 403 g/mol. The Morgan fingerprint density at radius 3 is 2.36 bits per heavy atom. The van der Waals surface area contributed by atoms with E-state index in [0.717, 1.165) is 25.0 Å². The molecule has 0 aliphatic heterocycles. The maximum Gasteiger partial charge on any atom is 0.421 e. The Morgan fingerprint density at radius 1 is 1.21 bits per heavy atom. The molecule has 0 aromatic carbocycles. The van der Waals surface area contributed by atoms with Crippen LogP contribution in [0.4, 0.5) is 18.0 Å². The highest BCUT2D eigenvalue weighted by Crippen LogP contribution is 2.37. The average molecular weight is 403 g/mol. The third-order valence-electron chi connectivity index (χ3n) is 4.70. The van der Waals surface area contributed by atoms with Crippen LogP contribution in [0, 0.1) is 5.92 Å². The summed E-state index contributed by atoms with van der Waals surface area (Å²) < 4.78 is 49.6. The van der Waals surface area contributed by atoms with Crippen molar-refractivity contribution in [2.45, 2.75) is 51.2 Å². The molecule has 7 nitrogen and oxygen atoms in total. The van der Waals surface area contributed by atoms with Crippen LogP contribution in [0.15, 0.2) is 12.1 Å². The van der Waals surface area contributed by atoms with Crippen molar-refractivity contribution < 1.29 is 32.2 Å². The molecule has 0 unspecified atom stereocenters. The average Bonchev–Trinajstić information content (AvgIpc) is 3.47. The number of hydrogen-bond acceptors (Lipinski definition) is 5. The minimum absolute atomic E-state index is 0.122. The third kappa shape index (κ3) is 5.26. The van der Waals surface area contributed by atoms with Crippen LogP contribution in [0.25, 0.3) is 0 Å². The number of hydrogen-bond donors (Lipinski definition) is 2. The molecule has 0 radical (unpaired) electrons. The van der Waals surface area contributed by atoms with Gasteiger partial charge in [-0.3, -0.25) is 4.79 Å².